The molecule has 2 aromatic carbocycles. The minimum absolute atomic E-state index is 0.0337. The molecular formula is C31H38N6O3. The van der Waals surface area contributed by atoms with Gasteiger partial charge in [-0.1, -0.05) is 18.2 Å². The minimum Gasteiger partial charge on any atom is -0.497 e. The zero-order valence-corrected chi connectivity index (χ0v) is 23.5. The van der Waals surface area contributed by atoms with Crippen molar-refractivity contribution in [3.05, 3.63) is 65.4 Å². The SMILES string of the molecule is COc1cc(OC)cc(C(=O)N2CCc3nc(N4CCN(c5ccccc5)CC4)nc(N4CCCCC4)c3C2)c1. The van der Waals surface area contributed by atoms with Gasteiger partial charge in [0.25, 0.3) is 5.91 Å². The molecule has 0 spiro atoms. The summed E-state index contributed by atoms with van der Waals surface area (Å²) in [6, 6.07) is 15.9. The van der Waals surface area contributed by atoms with Crippen molar-refractivity contribution in [2.75, 3.05) is 74.7 Å². The summed E-state index contributed by atoms with van der Waals surface area (Å²) in [4.78, 5) is 33.0. The molecule has 0 bridgehead atoms. The number of para-hydroxylation sites is 1. The van der Waals surface area contributed by atoms with E-state index in [0.717, 1.165) is 75.1 Å². The second-order valence-corrected chi connectivity index (χ2v) is 10.7. The highest BCUT2D eigenvalue weighted by Gasteiger charge is 2.31. The molecule has 0 unspecified atom stereocenters. The van der Waals surface area contributed by atoms with E-state index in [1.54, 1.807) is 32.4 Å². The van der Waals surface area contributed by atoms with Gasteiger partial charge in [0.05, 0.1) is 26.5 Å². The van der Waals surface area contributed by atoms with Crippen molar-refractivity contribution in [2.24, 2.45) is 0 Å². The second-order valence-electron chi connectivity index (χ2n) is 10.7. The fraction of sp³-hybridized carbons (Fsp3) is 0.452. The molecule has 210 valence electrons. The lowest BCUT2D eigenvalue weighted by molar-refractivity contribution is 0.0733. The lowest BCUT2D eigenvalue weighted by Gasteiger charge is -2.38. The van der Waals surface area contributed by atoms with Gasteiger partial charge in [-0.05, 0) is 43.5 Å². The number of benzene rings is 2. The van der Waals surface area contributed by atoms with E-state index in [4.69, 9.17) is 19.4 Å². The van der Waals surface area contributed by atoms with E-state index < -0.39 is 0 Å². The average molecular weight is 543 g/mol. The van der Waals surface area contributed by atoms with E-state index >= 15 is 0 Å². The van der Waals surface area contributed by atoms with Crippen LogP contribution in [-0.4, -0.2) is 80.8 Å². The van der Waals surface area contributed by atoms with E-state index in [9.17, 15) is 4.79 Å². The highest BCUT2D eigenvalue weighted by molar-refractivity contribution is 5.95. The predicted octanol–water partition coefficient (Wildman–Crippen LogP) is 4.01. The van der Waals surface area contributed by atoms with Gasteiger partial charge in [-0.3, -0.25) is 4.79 Å². The summed E-state index contributed by atoms with van der Waals surface area (Å²) in [5.74, 6) is 3.01. The van der Waals surface area contributed by atoms with Crippen molar-refractivity contribution in [3.8, 4) is 11.5 Å². The minimum atomic E-state index is -0.0337. The molecule has 1 amide bonds. The van der Waals surface area contributed by atoms with Crippen molar-refractivity contribution < 1.29 is 14.3 Å². The van der Waals surface area contributed by atoms with Gasteiger partial charge in [0.1, 0.15) is 17.3 Å². The maximum Gasteiger partial charge on any atom is 0.254 e. The Bertz CT molecular complexity index is 1310. The highest BCUT2D eigenvalue weighted by Crippen LogP contribution is 2.32. The number of ether oxygens (including phenoxy) is 2. The van der Waals surface area contributed by atoms with Crippen molar-refractivity contribution in [3.63, 3.8) is 0 Å². The van der Waals surface area contributed by atoms with Crippen LogP contribution in [-0.2, 0) is 13.0 Å². The summed E-state index contributed by atoms with van der Waals surface area (Å²) in [6.45, 7) is 6.75. The molecule has 3 aromatic rings. The summed E-state index contributed by atoms with van der Waals surface area (Å²) >= 11 is 0. The molecule has 3 aliphatic heterocycles. The van der Waals surface area contributed by atoms with Crippen molar-refractivity contribution >= 4 is 23.4 Å². The van der Waals surface area contributed by atoms with E-state index in [0.29, 0.717) is 36.6 Å². The van der Waals surface area contributed by atoms with Gasteiger partial charge >= 0.3 is 0 Å². The van der Waals surface area contributed by atoms with Gasteiger partial charge in [0, 0.05) is 75.1 Å². The van der Waals surface area contributed by atoms with Gasteiger partial charge in [-0.25, -0.2) is 4.98 Å². The summed E-state index contributed by atoms with van der Waals surface area (Å²) in [5, 5.41) is 0. The molecule has 0 atom stereocenters. The Morgan fingerprint density at radius 2 is 1.43 bits per heavy atom. The molecule has 40 heavy (non-hydrogen) atoms. The molecule has 0 saturated carbocycles. The lowest BCUT2D eigenvalue weighted by atomic mass is 10.0. The van der Waals surface area contributed by atoms with Gasteiger partial charge in [-0.2, -0.15) is 4.98 Å². The predicted molar refractivity (Wildman–Crippen MR) is 157 cm³/mol. The Balaban J connectivity index is 1.26. The third-order valence-corrected chi connectivity index (χ3v) is 8.25. The van der Waals surface area contributed by atoms with Crippen molar-refractivity contribution in [2.45, 2.75) is 32.2 Å². The van der Waals surface area contributed by atoms with Crippen LogP contribution < -0.4 is 24.2 Å². The van der Waals surface area contributed by atoms with E-state index in [2.05, 4.69) is 45.0 Å². The zero-order valence-electron chi connectivity index (χ0n) is 23.5. The van der Waals surface area contributed by atoms with Crippen LogP contribution in [0.4, 0.5) is 17.5 Å². The molecule has 9 heteroatoms. The second kappa shape index (κ2) is 11.6. The fourth-order valence-corrected chi connectivity index (χ4v) is 5.98. The van der Waals surface area contributed by atoms with Gasteiger partial charge < -0.3 is 29.1 Å². The number of piperazine rings is 1. The van der Waals surface area contributed by atoms with Crippen LogP contribution in [0.5, 0.6) is 11.5 Å². The zero-order chi connectivity index (χ0) is 27.5. The first-order chi connectivity index (χ1) is 19.6. The topological polar surface area (TPSA) is 74.3 Å². The van der Waals surface area contributed by atoms with Crippen molar-refractivity contribution in [1.82, 2.24) is 14.9 Å². The van der Waals surface area contributed by atoms with E-state index in [1.807, 2.05) is 4.90 Å². The highest BCUT2D eigenvalue weighted by atomic mass is 16.5. The quantitative estimate of drug-likeness (QED) is 0.463. The molecule has 2 fully saturated rings. The van der Waals surface area contributed by atoms with Crippen LogP contribution in [0.2, 0.25) is 0 Å². The molecular weight excluding hydrogens is 504 g/mol. The Kier molecular flexibility index (Phi) is 7.62. The molecule has 1 aromatic heterocycles. The summed E-state index contributed by atoms with van der Waals surface area (Å²) in [6.07, 6.45) is 4.29. The van der Waals surface area contributed by atoms with Crippen LogP contribution in [0.15, 0.2) is 48.5 Å². The molecule has 3 aliphatic rings. The van der Waals surface area contributed by atoms with Crippen LogP contribution in [0.25, 0.3) is 0 Å². The van der Waals surface area contributed by atoms with Crippen LogP contribution in [0, 0.1) is 0 Å². The molecule has 9 nitrogen and oxygen atoms in total. The fourth-order valence-electron chi connectivity index (χ4n) is 5.98. The Labute approximate surface area is 236 Å². The van der Waals surface area contributed by atoms with Gasteiger partial charge in [-0.15, -0.1) is 0 Å². The number of carbonyl (C=O) groups is 1. The van der Waals surface area contributed by atoms with Gasteiger partial charge in [0.2, 0.25) is 5.95 Å². The van der Waals surface area contributed by atoms with Crippen LogP contribution in [0.3, 0.4) is 0 Å². The van der Waals surface area contributed by atoms with E-state index in [-0.39, 0.29) is 5.91 Å². The Hall–Kier alpha value is -4.01. The normalized spacial score (nSPS) is 17.4. The summed E-state index contributed by atoms with van der Waals surface area (Å²) in [7, 11) is 3.20. The Morgan fingerprint density at radius 3 is 2.10 bits per heavy atom. The smallest absolute Gasteiger partial charge is 0.254 e. The third-order valence-electron chi connectivity index (χ3n) is 8.25. The molecule has 2 saturated heterocycles. The number of hydrogen-bond acceptors (Lipinski definition) is 8. The standard InChI is InChI=1S/C31H38N6O3/c1-39-25-19-23(20-26(21-25)40-2)30(38)37-14-11-28-27(22-37)29(35-12-7-4-8-13-35)33-31(32-28)36-17-15-34(16-18-36)24-9-5-3-6-10-24/h3,5-6,9-10,19-21H,4,7-8,11-18,22H2,1-2H3. The van der Waals surface area contributed by atoms with Crippen molar-refractivity contribution in [1.29, 1.82) is 0 Å². The number of carbonyl (C=O) groups excluding carboxylic acids is 1. The third kappa shape index (κ3) is 5.37. The number of amides is 1. The van der Waals surface area contributed by atoms with Gasteiger partial charge in [0.15, 0.2) is 0 Å². The first kappa shape index (κ1) is 26.2. The molecule has 0 aliphatic carbocycles. The largest absolute Gasteiger partial charge is 0.497 e. The molecule has 6 rings (SSSR count). The Morgan fingerprint density at radius 1 is 0.750 bits per heavy atom. The van der Waals surface area contributed by atoms with Crippen LogP contribution in [0.1, 0.15) is 40.9 Å². The monoisotopic (exact) mass is 542 g/mol. The average Bonchev–Trinajstić information content (AvgIpc) is 3.04. The number of nitrogens with zero attached hydrogens (tertiary/aromatic N) is 6. The summed E-state index contributed by atoms with van der Waals surface area (Å²) < 4.78 is 10.8. The molecule has 4 heterocycles. The molecule has 0 radical (unpaired) electrons. The first-order valence-electron chi connectivity index (χ1n) is 14.3. The maximum atomic E-state index is 13.6. The van der Waals surface area contributed by atoms with E-state index in [1.165, 1.54) is 12.1 Å². The summed E-state index contributed by atoms with van der Waals surface area (Å²) in [5.41, 5.74) is 3.99. The number of aromatic nitrogens is 2. The molecule has 0 N–H and O–H groups in total. The number of methoxy groups -OCH3 is 2. The van der Waals surface area contributed by atoms with Crippen LogP contribution >= 0.6 is 0 Å². The number of hydrogen-bond donors (Lipinski definition) is 0. The number of anilines is 3. The number of rotatable bonds is 6. The first-order valence-corrected chi connectivity index (χ1v) is 14.3. The number of piperidine rings is 1. The maximum absolute atomic E-state index is 13.6. The number of fused-ring (bicyclic) bond motifs is 1. The lowest BCUT2D eigenvalue weighted by Crippen LogP contribution is -2.47.